The summed E-state index contributed by atoms with van der Waals surface area (Å²) >= 11 is 0. The first-order valence-corrected chi connectivity index (χ1v) is 4.64. The molecule has 0 aliphatic heterocycles. The Hall–Kier alpha value is -1.23. The molecule has 72 valence electrons. The summed E-state index contributed by atoms with van der Waals surface area (Å²) in [6, 6.07) is 2.20. The number of unbranched alkanes of at least 4 members (excludes halogenated alkanes) is 1. The average molecular weight is 178 g/mol. The lowest BCUT2D eigenvalue weighted by atomic mass is 10.1. The molecule has 0 amide bonds. The van der Waals surface area contributed by atoms with Gasteiger partial charge >= 0.3 is 0 Å². The molecule has 0 spiro atoms. The quantitative estimate of drug-likeness (QED) is 0.478. The molecular weight excluding hydrogens is 160 g/mol. The van der Waals surface area contributed by atoms with E-state index in [1.165, 1.54) is 0 Å². The average Bonchev–Trinajstić information content (AvgIpc) is 2.10. The van der Waals surface area contributed by atoms with Crippen LogP contribution in [0.2, 0.25) is 0 Å². The van der Waals surface area contributed by atoms with E-state index in [1.807, 2.05) is 37.3 Å². The zero-order valence-corrected chi connectivity index (χ0v) is 8.75. The number of nitrogens with zero attached hydrogens (tertiary/aromatic N) is 2. The highest BCUT2D eigenvalue weighted by Gasteiger charge is 1.91. The minimum Gasteiger partial charge on any atom is -0.383 e. The van der Waals surface area contributed by atoms with Crippen molar-refractivity contribution in [3.05, 3.63) is 23.9 Å². The summed E-state index contributed by atoms with van der Waals surface area (Å²) in [6.07, 6.45) is 8.85. The van der Waals surface area contributed by atoms with E-state index in [4.69, 9.17) is 5.26 Å². The van der Waals surface area contributed by atoms with E-state index >= 15 is 0 Å². The maximum Gasteiger partial charge on any atom is 0.0947 e. The highest BCUT2D eigenvalue weighted by molar-refractivity contribution is 5.25. The maximum absolute atomic E-state index is 8.75. The predicted molar refractivity (Wildman–Crippen MR) is 56.0 cm³/mol. The molecule has 0 atom stereocenters. The van der Waals surface area contributed by atoms with Crippen LogP contribution in [0.3, 0.4) is 0 Å². The van der Waals surface area contributed by atoms with Crippen LogP contribution in [0.4, 0.5) is 0 Å². The van der Waals surface area contributed by atoms with Crippen LogP contribution in [-0.2, 0) is 0 Å². The second kappa shape index (κ2) is 7.42. The van der Waals surface area contributed by atoms with Gasteiger partial charge in [-0.2, -0.15) is 5.26 Å². The number of hydrogen-bond acceptors (Lipinski definition) is 2. The standard InChI is InChI=1S/C11H18N2/c1-4-5-7-11(10-12)8-6-9-13(2)3/h6,8-9H,4-5,7H2,1-3H3. The summed E-state index contributed by atoms with van der Waals surface area (Å²) in [7, 11) is 3.92. The molecule has 0 aromatic rings. The SMILES string of the molecule is CCCCC(C#N)=CC=CN(C)C. The normalized spacial score (nSPS) is 11.7. The van der Waals surface area contributed by atoms with Crippen molar-refractivity contribution < 1.29 is 0 Å². The molecule has 0 saturated carbocycles. The summed E-state index contributed by atoms with van der Waals surface area (Å²) in [4.78, 5) is 1.95. The predicted octanol–water partition coefficient (Wildman–Crippen LogP) is 2.70. The smallest absolute Gasteiger partial charge is 0.0947 e. The molecule has 0 N–H and O–H groups in total. The second-order valence-electron chi connectivity index (χ2n) is 3.21. The van der Waals surface area contributed by atoms with E-state index in [0.717, 1.165) is 24.8 Å². The summed E-state index contributed by atoms with van der Waals surface area (Å²) in [6.45, 7) is 2.13. The minimum atomic E-state index is 0.861. The Morgan fingerprint density at radius 3 is 2.62 bits per heavy atom. The molecule has 0 aliphatic rings. The van der Waals surface area contributed by atoms with Crippen LogP contribution < -0.4 is 0 Å². The lowest BCUT2D eigenvalue weighted by molar-refractivity contribution is 0.564. The number of allylic oxidation sites excluding steroid dienone is 3. The molecule has 0 bridgehead atoms. The number of nitriles is 1. The molecule has 0 aliphatic carbocycles. The molecule has 0 rings (SSSR count). The first kappa shape index (κ1) is 11.8. The Kier molecular flexibility index (Phi) is 6.72. The van der Waals surface area contributed by atoms with Crippen molar-refractivity contribution >= 4 is 0 Å². The first-order chi connectivity index (χ1) is 6.20. The van der Waals surface area contributed by atoms with Gasteiger partial charge in [-0.3, -0.25) is 0 Å². The fraction of sp³-hybridized carbons (Fsp3) is 0.545. The highest BCUT2D eigenvalue weighted by atomic mass is 15.0. The molecule has 2 nitrogen and oxygen atoms in total. The van der Waals surface area contributed by atoms with E-state index in [9.17, 15) is 0 Å². The van der Waals surface area contributed by atoms with Crippen molar-refractivity contribution in [3.8, 4) is 6.07 Å². The Morgan fingerprint density at radius 1 is 1.46 bits per heavy atom. The van der Waals surface area contributed by atoms with Crippen LogP contribution in [0, 0.1) is 11.3 Å². The summed E-state index contributed by atoms with van der Waals surface area (Å²) in [5.41, 5.74) is 0.861. The van der Waals surface area contributed by atoms with Crippen LogP contribution in [0.15, 0.2) is 23.9 Å². The van der Waals surface area contributed by atoms with Gasteiger partial charge in [0.25, 0.3) is 0 Å². The van der Waals surface area contributed by atoms with Crippen molar-refractivity contribution in [3.63, 3.8) is 0 Å². The molecule has 2 heteroatoms. The zero-order chi connectivity index (χ0) is 10.1. The molecular formula is C11H18N2. The van der Waals surface area contributed by atoms with Crippen molar-refractivity contribution in [2.75, 3.05) is 14.1 Å². The highest BCUT2D eigenvalue weighted by Crippen LogP contribution is 2.05. The second-order valence-corrected chi connectivity index (χ2v) is 3.21. The molecule has 0 saturated heterocycles. The topological polar surface area (TPSA) is 27.0 Å². The van der Waals surface area contributed by atoms with Crippen LogP contribution in [-0.4, -0.2) is 19.0 Å². The summed E-state index contributed by atoms with van der Waals surface area (Å²) in [5, 5.41) is 8.75. The number of rotatable bonds is 5. The van der Waals surface area contributed by atoms with Crippen LogP contribution in [0.5, 0.6) is 0 Å². The van der Waals surface area contributed by atoms with Gasteiger partial charge in [-0.25, -0.2) is 0 Å². The van der Waals surface area contributed by atoms with Gasteiger partial charge in [0.1, 0.15) is 0 Å². The van der Waals surface area contributed by atoms with E-state index in [2.05, 4.69) is 13.0 Å². The van der Waals surface area contributed by atoms with Crippen molar-refractivity contribution in [2.24, 2.45) is 0 Å². The van der Waals surface area contributed by atoms with E-state index < -0.39 is 0 Å². The molecule has 0 aromatic heterocycles. The largest absolute Gasteiger partial charge is 0.383 e. The van der Waals surface area contributed by atoms with Crippen molar-refractivity contribution in [2.45, 2.75) is 26.2 Å². The van der Waals surface area contributed by atoms with E-state index in [-0.39, 0.29) is 0 Å². The first-order valence-electron chi connectivity index (χ1n) is 4.64. The van der Waals surface area contributed by atoms with Gasteiger partial charge in [0.15, 0.2) is 0 Å². The molecule has 0 unspecified atom stereocenters. The third-order valence-corrected chi connectivity index (χ3v) is 1.62. The fourth-order valence-corrected chi connectivity index (χ4v) is 0.875. The van der Waals surface area contributed by atoms with Crippen molar-refractivity contribution in [1.29, 1.82) is 5.26 Å². The Labute approximate surface area is 81.2 Å². The Balaban J connectivity index is 4.01. The third-order valence-electron chi connectivity index (χ3n) is 1.62. The van der Waals surface area contributed by atoms with E-state index in [0.29, 0.717) is 0 Å². The molecule has 0 heterocycles. The van der Waals surface area contributed by atoms with Gasteiger partial charge in [-0.15, -0.1) is 0 Å². The zero-order valence-electron chi connectivity index (χ0n) is 8.75. The fourth-order valence-electron chi connectivity index (χ4n) is 0.875. The van der Waals surface area contributed by atoms with Gasteiger partial charge in [-0.05, 0) is 31.2 Å². The molecule has 0 radical (unpaired) electrons. The number of hydrogen-bond donors (Lipinski definition) is 0. The van der Waals surface area contributed by atoms with Crippen molar-refractivity contribution in [1.82, 2.24) is 4.90 Å². The minimum absolute atomic E-state index is 0.861. The Bertz CT molecular complexity index is 219. The van der Waals surface area contributed by atoms with Gasteiger partial charge in [0.2, 0.25) is 0 Å². The lowest BCUT2D eigenvalue weighted by Gasteiger charge is -2.01. The monoisotopic (exact) mass is 178 g/mol. The van der Waals surface area contributed by atoms with Gasteiger partial charge in [-0.1, -0.05) is 13.3 Å². The summed E-state index contributed by atoms with van der Waals surface area (Å²) in [5.74, 6) is 0. The van der Waals surface area contributed by atoms with E-state index in [1.54, 1.807) is 0 Å². The van der Waals surface area contributed by atoms with Gasteiger partial charge in [0.05, 0.1) is 6.07 Å². The lowest BCUT2D eigenvalue weighted by Crippen LogP contribution is -1.99. The molecule has 0 fully saturated rings. The summed E-state index contributed by atoms with van der Waals surface area (Å²) < 4.78 is 0. The molecule has 13 heavy (non-hydrogen) atoms. The van der Waals surface area contributed by atoms with Crippen LogP contribution in [0.25, 0.3) is 0 Å². The molecule has 0 aromatic carbocycles. The van der Waals surface area contributed by atoms with Crippen LogP contribution >= 0.6 is 0 Å². The van der Waals surface area contributed by atoms with Gasteiger partial charge < -0.3 is 4.90 Å². The van der Waals surface area contributed by atoms with Crippen LogP contribution in [0.1, 0.15) is 26.2 Å². The Morgan fingerprint density at radius 2 is 2.15 bits per heavy atom. The maximum atomic E-state index is 8.75. The van der Waals surface area contributed by atoms with Gasteiger partial charge in [0, 0.05) is 19.7 Å². The third kappa shape index (κ3) is 7.14.